The Morgan fingerprint density at radius 1 is 1.73 bits per heavy atom. The molecule has 0 aliphatic carbocycles. The van der Waals surface area contributed by atoms with Crippen LogP contribution in [-0.2, 0) is 0 Å². The van der Waals surface area contributed by atoms with E-state index >= 15 is 0 Å². The van der Waals surface area contributed by atoms with E-state index in [1.807, 2.05) is 23.6 Å². The van der Waals surface area contributed by atoms with Gasteiger partial charge in [-0.25, -0.2) is 4.79 Å². The molecule has 4 nitrogen and oxygen atoms in total. The first-order valence-electron chi connectivity index (χ1n) is 4.66. The maximum Gasteiger partial charge on any atom is 0.321 e. The van der Waals surface area contributed by atoms with Crippen molar-refractivity contribution in [2.24, 2.45) is 0 Å². The summed E-state index contributed by atoms with van der Waals surface area (Å²) in [7, 11) is 1.78. The van der Waals surface area contributed by atoms with Crippen LogP contribution in [0, 0.1) is 11.3 Å². The van der Waals surface area contributed by atoms with E-state index in [9.17, 15) is 4.79 Å². The number of hydrogen-bond acceptors (Lipinski definition) is 3. The lowest BCUT2D eigenvalue weighted by atomic mass is 10.2. The summed E-state index contributed by atoms with van der Waals surface area (Å²) in [6.45, 7) is 0.786. The van der Waals surface area contributed by atoms with E-state index in [0.717, 1.165) is 0 Å². The van der Waals surface area contributed by atoms with Crippen LogP contribution in [0.2, 0.25) is 0 Å². The minimum absolute atomic E-state index is 0.0602. The lowest BCUT2D eigenvalue weighted by Crippen LogP contribution is -2.29. The van der Waals surface area contributed by atoms with Crippen molar-refractivity contribution in [3.05, 3.63) is 22.4 Å². The quantitative estimate of drug-likeness (QED) is 0.713. The maximum atomic E-state index is 11.7. The molecule has 0 saturated carbocycles. The molecule has 1 aliphatic rings. The highest BCUT2D eigenvalue weighted by molar-refractivity contribution is 7.10. The van der Waals surface area contributed by atoms with Crippen LogP contribution in [0.15, 0.2) is 17.5 Å². The van der Waals surface area contributed by atoms with Gasteiger partial charge >= 0.3 is 6.03 Å². The Bertz CT molecular complexity index is 395. The summed E-state index contributed by atoms with van der Waals surface area (Å²) in [6, 6.07) is 6.05. The average Bonchev–Trinajstić information content (AvgIpc) is 2.82. The van der Waals surface area contributed by atoms with Gasteiger partial charge in [0.05, 0.1) is 12.1 Å². The van der Waals surface area contributed by atoms with E-state index in [0.29, 0.717) is 6.54 Å². The van der Waals surface area contributed by atoms with E-state index in [1.54, 1.807) is 28.2 Å². The van der Waals surface area contributed by atoms with Crippen molar-refractivity contribution in [1.82, 2.24) is 9.80 Å². The van der Waals surface area contributed by atoms with Crippen LogP contribution in [0.5, 0.6) is 0 Å². The minimum Gasteiger partial charge on any atom is -0.318 e. The number of urea groups is 1. The molecule has 5 heteroatoms. The van der Waals surface area contributed by atoms with Crippen LogP contribution in [0.1, 0.15) is 10.9 Å². The summed E-state index contributed by atoms with van der Waals surface area (Å²) in [4.78, 5) is 16.2. The molecule has 0 radical (unpaired) electrons. The first-order valence-corrected chi connectivity index (χ1v) is 5.54. The zero-order valence-corrected chi connectivity index (χ0v) is 9.20. The number of nitrogens with zero attached hydrogens (tertiary/aromatic N) is 3. The third-order valence-corrected chi connectivity index (χ3v) is 3.54. The number of likely N-dealkylation sites (N-methyl/N-ethyl adjacent to an activating group) is 1. The standard InChI is InChI=1S/C10H11N3OS/c1-12-8(9-3-2-6-15-9)7-13(5-4-11)10(12)14/h2-3,6,8H,5,7H2,1H3. The molecule has 2 rings (SSSR count). The predicted octanol–water partition coefficient (Wildman–Crippen LogP) is 1.68. The van der Waals surface area contributed by atoms with Crippen molar-refractivity contribution >= 4 is 17.4 Å². The molecule has 1 atom stereocenters. The van der Waals surface area contributed by atoms with Gasteiger partial charge in [0.15, 0.2) is 0 Å². The first-order chi connectivity index (χ1) is 7.24. The molecular formula is C10H11N3OS. The number of carbonyl (C=O) groups is 1. The fraction of sp³-hybridized carbons (Fsp3) is 0.400. The van der Waals surface area contributed by atoms with Gasteiger partial charge in [0.1, 0.15) is 6.54 Å². The SMILES string of the molecule is CN1C(=O)N(CC#N)CC1c1cccs1. The van der Waals surface area contributed by atoms with Gasteiger partial charge in [0.2, 0.25) is 0 Å². The largest absolute Gasteiger partial charge is 0.321 e. The summed E-state index contributed by atoms with van der Waals surface area (Å²) in [6.07, 6.45) is 0. The Kier molecular flexibility index (Phi) is 2.60. The first kappa shape index (κ1) is 9.99. The van der Waals surface area contributed by atoms with Gasteiger partial charge in [-0.05, 0) is 11.4 Å². The summed E-state index contributed by atoms with van der Waals surface area (Å²) in [5.74, 6) is 0. The molecule has 0 aromatic carbocycles. The maximum absolute atomic E-state index is 11.7. The van der Waals surface area contributed by atoms with Crippen LogP contribution in [0.3, 0.4) is 0 Å². The molecule has 1 aromatic heterocycles. The Balaban J connectivity index is 2.18. The second-order valence-electron chi connectivity index (χ2n) is 3.46. The molecular weight excluding hydrogens is 210 g/mol. The Labute approximate surface area is 92.3 Å². The third-order valence-electron chi connectivity index (χ3n) is 2.57. The second-order valence-corrected chi connectivity index (χ2v) is 4.44. The van der Waals surface area contributed by atoms with E-state index in [2.05, 4.69) is 0 Å². The molecule has 1 unspecified atom stereocenters. The molecule has 0 spiro atoms. The van der Waals surface area contributed by atoms with E-state index < -0.39 is 0 Å². The fourth-order valence-electron chi connectivity index (χ4n) is 1.74. The molecule has 2 amide bonds. The zero-order valence-electron chi connectivity index (χ0n) is 8.38. The van der Waals surface area contributed by atoms with Crippen LogP contribution in [-0.4, -0.2) is 36.0 Å². The fourth-order valence-corrected chi connectivity index (χ4v) is 2.61. The summed E-state index contributed by atoms with van der Waals surface area (Å²) in [5.41, 5.74) is 0. The van der Waals surface area contributed by atoms with Crippen molar-refractivity contribution in [3.63, 3.8) is 0 Å². The monoisotopic (exact) mass is 221 g/mol. The van der Waals surface area contributed by atoms with Gasteiger partial charge in [-0.1, -0.05) is 6.07 Å². The van der Waals surface area contributed by atoms with Crippen molar-refractivity contribution in [2.75, 3.05) is 20.1 Å². The van der Waals surface area contributed by atoms with Crippen molar-refractivity contribution in [3.8, 4) is 6.07 Å². The van der Waals surface area contributed by atoms with Crippen molar-refractivity contribution in [1.29, 1.82) is 5.26 Å². The molecule has 15 heavy (non-hydrogen) atoms. The van der Waals surface area contributed by atoms with Gasteiger partial charge in [-0.3, -0.25) is 0 Å². The van der Waals surface area contributed by atoms with E-state index in [-0.39, 0.29) is 18.6 Å². The van der Waals surface area contributed by atoms with Crippen molar-refractivity contribution in [2.45, 2.75) is 6.04 Å². The number of carbonyl (C=O) groups excluding carboxylic acids is 1. The summed E-state index contributed by atoms with van der Waals surface area (Å²) in [5, 5.41) is 10.6. The topological polar surface area (TPSA) is 47.3 Å². The van der Waals surface area contributed by atoms with E-state index in [1.165, 1.54) is 4.88 Å². The van der Waals surface area contributed by atoms with Gasteiger partial charge in [0, 0.05) is 18.5 Å². The zero-order chi connectivity index (χ0) is 10.8. The highest BCUT2D eigenvalue weighted by Crippen LogP contribution is 2.30. The van der Waals surface area contributed by atoms with Gasteiger partial charge in [-0.2, -0.15) is 5.26 Å². The highest BCUT2D eigenvalue weighted by Gasteiger charge is 2.35. The van der Waals surface area contributed by atoms with E-state index in [4.69, 9.17) is 5.26 Å². The molecule has 78 valence electrons. The van der Waals surface area contributed by atoms with Gasteiger partial charge < -0.3 is 9.80 Å². The number of nitriles is 1. The molecule has 0 N–H and O–H groups in total. The predicted molar refractivity (Wildman–Crippen MR) is 57.4 cm³/mol. The molecule has 2 heterocycles. The summed E-state index contributed by atoms with van der Waals surface area (Å²) >= 11 is 1.64. The Hall–Kier alpha value is -1.54. The van der Waals surface area contributed by atoms with Crippen LogP contribution >= 0.6 is 11.3 Å². The lowest BCUT2D eigenvalue weighted by Gasteiger charge is -2.15. The van der Waals surface area contributed by atoms with Gasteiger partial charge in [0.25, 0.3) is 0 Å². The summed E-state index contributed by atoms with van der Waals surface area (Å²) < 4.78 is 0. The van der Waals surface area contributed by atoms with Crippen molar-refractivity contribution < 1.29 is 4.79 Å². The van der Waals surface area contributed by atoms with Crippen LogP contribution < -0.4 is 0 Å². The molecule has 1 fully saturated rings. The second kappa shape index (κ2) is 3.91. The Morgan fingerprint density at radius 3 is 3.13 bits per heavy atom. The molecule has 0 bridgehead atoms. The molecule has 1 saturated heterocycles. The minimum atomic E-state index is -0.0602. The smallest absolute Gasteiger partial charge is 0.318 e. The number of thiophene rings is 1. The van der Waals surface area contributed by atoms with Crippen LogP contribution in [0.25, 0.3) is 0 Å². The Morgan fingerprint density at radius 2 is 2.53 bits per heavy atom. The highest BCUT2D eigenvalue weighted by atomic mass is 32.1. The van der Waals surface area contributed by atoms with Crippen LogP contribution in [0.4, 0.5) is 4.79 Å². The lowest BCUT2D eigenvalue weighted by molar-refractivity contribution is 0.199. The molecule has 1 aromatic rings. The van der Waals surface area contributed by atoms with Gasteiger partial charge in [-0.15, -0.1) is 11.3 Å². The molecule has 1 aliphatic heterocycles. The normalized spacial score (nSPS) is 20.8. The number of rotatable bonds is 2. The average molecular weight is 221 g/mol. The number of hydrogen-bond donors (Lipinski definition) is 0. The number of amides is 2. The third kappa shape index (κ3) is 1.68.